The Morgan fingerprint density at radius 1 is 1.75 bits per heavy atom. The van der Waals surface area contributed by atoms with Crippen molar-refractivity contribution in [2.75, 3.05) is 19.7 Å². The lowest BCUT2D eigenvalue weighted by Gasteiger charge is -2.22. The van der Waals surface area contributed by atoms with Gasteiger partial charge in [0.05, 0.1) is 12.6 Å². The van der Waals surface area contributed by atoms with Gasteiger partial charge in [-0.05, 0) is 12.5 Å². The molecule has 16 heavy (non-hydrogen) atoms. The molecule has 0 saturated carbocycles. The molecule has 2 heterocycles. The van der Waals surface area contributed by atoms with Gasteiger partial charge in [0.2, 0.25) is 0 Å². The number of hydroxylamine groups is 2. The molecule has 1 unspecified atom stereocenters. The third kappa shape index (κ3) is 2.07. The Morgan fingerprint density at radius 2 is 2.44 bits per heavy atom. The molecule has 0 aliphatic carbocycles. The minimum atomic E-state index is -0.0371. The van der Waals surface area contributed by atoms with Crippen LogP contribution in [0.3, 0.4) is 0 Å². The van der Waals surface area contributed by atoms with Crippen molar-refractivity contribution in [1.29, 1.82) is 5.26 Å². The van der Waals surface area contributed by atoms with Gasteiger partial charge in [-0.25, -0.2) is 10.1 Å². The van der Waals surface area contributed by atoms with E-state index in [4.69, 9.17) is 10.1 Å². The van der Waals surface area contributed by atoms with Crippen LogP contribution < -0.4 is 0 Å². The second kappa shape index (κ2) is 5.33. The smallest absolute Gasteiger partial charge is 0.317 e. The van der Waals surface area contributed by atoms with Gasteiger partial charge in [-0.1, -0.05) is 12.2 Å². The second-order valence-electron chi connectivity index (χ2n) is 3.56. The molecule has 0 N–H and O–H groups in total. The van der Waals surface area contributed by atoms with E-state index >= 15 is 0 Å². The maximum atomic E-state index is 11.7. The van der Waals surface area contributed by atoms with Crippen molar-refractivity contribution in [3.8, 4) is 6.57 Å². The van der Waals surface area contributed by atoms with E-state index in [0.717, 1.165) is 6.54 Å². The summed E-state index contributed by atoms with van der Waals surface area (Å²) in [4.78, 5) is 18.8. The number of hydrogen-bond donors (Lipinski definition) is 0. The van der Waals surface area contributed by atoms with Crippen LogP contribution in [-0.4, -0.2) is 41.7 Å². The zero-order valence-corrected chi connectivity index (χ0v) is 9.30. The van der Waals surface area contributed by atoms with Crippen LogP contribution in [0.25, 0.3) is 0 Å². The van der Waals surface area contributed by atoms with E-state index in [1.165, 1.54) is 10.6 Å². The quantitative estimate of drug-likeness (QED) is 0.675. The van der Waals surface area contributed by atoms with Crippen molar-refractivity contribution < 1.29 is 9.63 Å². The molecule has 2 aliphatic heterocycles. The van der Waals surface area contributed by atoms with E-state index in [1.54, 1.807) is 11.0 Å². The fourth-order valence-electron chi connectivity index (χ4n) is 1.78. The summed E-state index contributed by atoms with van der Waals surface area (Å²) in [6.45, 7) is 10.9. The summed E-state index contributed by atoms with van der Waals surface area (Å²) in [6.07, 6.45) is 3.72. The van der Waals surface area contributed by atoms with Crippen LogP contribution in [0.4, 0.5) is 4.79 Å². The minimum absolute atomic E-state index is 0.0371. The molecule has 2 aliphatic rings. The van der Waals surface area contributed by atoms with Gasteiger partial charge >= 0.3 is 6.03 Å². The highest BCUT2D eigenvalue weighted by Gasteiger charge is 2.41. The van der Waals surface area contributed by atoms with Crippen LogP contribution in [0.15, 0.2) is 24.3 Å². The molecule has 0 aromatic heterocycles. The molecular formula is C11H15N3O2. The van der Waals surface area contributed by atoms with E-state index in [1.807, 2.05) is 6.92 Å². The lowest BCUT2D eigenvalue weighted by atomic mass is 10.1. The molecule has 2 bridgehead atoms. The zero-order valence-electron chi connectivity index (χ0n) is 9.30. The Labute approximate surface area is 95.1 Å². The molecule has 0 spiro atoms. The molecule has 5 heteroatoms. The highest BCUT2D eigenvalue weighted by molar-refractivity contribution is 5.77. The standard InChI is InChI=1S/C10H14N2O2.CHN/c1-3-6-14-12-9-7-11(10(12)13)5-4-8(9)2;1-2/h3-4,9H,1,5-7H2,2H3;1H. The number of carbonyl (C=O) groups excluding carboxylic acids is 1. The Kier molecular flexibility index (Phi) is 4.09. The van der Waals surface area contributed by atoms with Gasteiger partial charge < -0.3 is 4.90 Å². The van der Waals surface area contributed by atoms with Gasteiger partial charge in [0.15, 0.2) is 0 Å². The topological polar surface area (TPSA) is 56.6 Å². The summed E-state index contributed by atoms with van der Waals surface area (Å²) < 4.78 is 0. The van der Waals surface area contributed by atoms with Crippen LogP contribution in [0.2, 0.25) is 0 Å². The van der Waals surface area contributed by atoms with Crippen molar-refractivity contribution in [3.63, 3.8) is 0 Å². The molecular weight excluding hydrogens is 206 g/mol. The van der Waals surface area contributed by atoms with Gasteiger partial charge in [-0.15, -0.1) is 6.58 Å². The van der Waals surface area contributed by atoms with Gasteiger partial charge in [0.25, 0.3) is 0 Å². The number of fused-ring (bicyclic) bond motifs is 2. The first-order valence-electron chi connectivity index (χ1n) is 4.98. The predicted octanol–water partition coefficient (Wildman–Crippen LogP) is 1.31. The van der Waals surface area contributed by atoms with Gasteiger partial charge in [0.1, 0.15) is 0 Å². The van der Waals surface area contributed by atoms with E-state index in [-0.39, 0.29) is 12.1 Å². The normalized spacial score (nSPS) is 22.3. The Balaban J connectivity index is 0.000000606. The third-order valence-corrected chi connectivity index (χ3v) is 2.63. The van der Waals surface area contributed by atoms with E-state index in [2.05, 4.69) is 19.2 Å². The summed E-state index contributed by atoms with van der Waals surface area (Å²) in [5.41, 5.74) is 1.20. The Morgan fingerprint density at radius 3 is 3.06 bits per heavy atom. The second-order valence-corrected chi connectivity index (χ2v) is 3.56. The molecule has 1 fully saturated rings. The summed E-state index contributed by atoms with van der Waals surface area (Å²) in [7, 11) is 0. The van der Waals surface area contributed by atoms with E-state index in [0.29, 0.717) is 13.2 Å². The fourth-order valence-corrected chi connectivity index (χ4v) is 1.78. The average molecular weight is 221 g/mol. The van der Waals surface area contributed by atoms with Crippen molar-refractivity contribution >= 4 is 6.03 Å². The molecule has 0 aromatic carbocycles. The number of nitrogens with zero attached hydrogens (tertiary/aromatic N) is 3. The lowest BCUT2D eigenvalue weighted by molar-refractivity contribution is -0.109. The lowest BCUT2D eigenvalue weighted by Crippen LogP contribution is -2.34. The highest BCUT2D eigenvalue weighted by Crippen LogP contribution is 2.25. The van der Waals surface area contributed by atoms with Crippen LogP contribution in [-0.2, 0) is 4.84 Å². The fraction of sp³-hybridized carbons (Fsp3) is 0.455. The van der Waals surface area contributed by atoms with Crippen molar-refractivity contribution in [1.82, 2.24) is 9.96 Å². The molecule has 5 nitrogen and oxygen atoms in total. The maximum absolute atomic E-state index is 11.7. The van der Waals surface area contributed by atoms with Gasteiger partial charge in [-0.2, -0.15) is 5.06 Å². The molecule has 0 aromatic rings. The third-order valence-electron chi connectivity index (χ3n) is 2.63. The molecule has 2 amide bonds. The first-order valence-corrected chi connectivity index (χ1v) is 4.98. The van der Waals surface area contributed by atoms with Crippen LogP contribution in [0.5, 0.6) is 0 Å². The number of urea groups is 1. The summed E-state index contributed by atoms with van der Waals surface area (Å²) in [6, 6.07) is 0.0566. The molecule has 2 rings (SSSR count). The molecule has 1 saturated heterocycles. The predicted molar refractivity (Wildman–Crippen MR) is 59.2 cm³/mol. The van der Waals surface area contributed by atoms with E-state index < -0.39 is 0 Å². The van der Waals surface area contributed by atoms with Gasteiger partial charge in [-0.3, -0.25) is 4.84 Å². The van der Waals surface area contributed by atoms with Crippen LogP contribution in [0, 0.1) is 11.8 Å². The number of nitriles is 1. The monoisotopic (exact) mass is 221 g/mol. The Bertz CT molecular complexity index is 335. The molecule has 1 atom stereocenters. The molecule has 0 radical (unpaired) electrons. The Hall–Kier alpha value is -1.80. The SMILES string of the molecule is C#N.C=CCON1C(=O)N2CC=C(C)C1C2. The van der Waals surface area contributed by atoms with Crippen molar-refractivity contribution in [3.05, 3.63) is 24.3 Å². The van der Waals surface area contributed by atoms with Gasteiger partial charge in [0, 0.05) is 19.7 Å². The largest absolute Gasteiger partial charge is 0.344 e. The average Bonchev–Trinajstić information content (AvgIpc) is 2.58. The maximum Gasteiger partial charge on any atom is 0.344 e. The van der Waals surface area contributed by atoms with Crippen LogP contribution in [0.1, 0.15) is 6.92 Å². The summed E-state index contributed by atoms with van der Waals surface area (Å²) >= 11 is 0. The highest BCUT2D eigenvalue weighted by atomic mass is 16.7. The first kappa shape index (κ1) is 12.3. The number of hydrogen-bond acceptors (Lipinski definition) is 3. The summed E-state index contributed by atoms with van der Waals surface area (Å²) in [5.74, 6) is 0. The number of carbonyl (C=O) groups is 1. The minimum Gasteiger partial charge on any atom is -0.317 e. The first-order chi connectivity index (χ1) is 7.74. The van der Waals surface area contributed by atoms with Crippen LogP contribution >= 0.6 is 0 Å². The zero-order chi connectivity index (χ0) is 12.1. The molecule has 86 valence electrons. The number of amides is 2. The van der Waals surface area contributed by atoms with Crippen molar-refractivity contribution in [2.45, 2.75) is 13.0 Å². The summed E-state index contributed by atoms with van der Waals surface area (Å²) in [5, 5.41) is 7.96. The van der Waals surface area contributed by atoms with Crippen molar-refractivity contribution in [2.24, 2.45) is 0 Å². The van der Waals surface area contributed by atoms with E-state index in [9.17, 15) is 4.79 Å². The number of rotatable bonds is 3.